The Bertz CT molecular complexity index is 345. The maximum atomic E-state index is 4.43. The van der Waals surface area contributed by atoms with Gasteiger partial charge in [-0.15, -0.1) is 0 Å². The molecule has 0 aliphatic carbocycles. The number of aryl methyl sites for hydroxylation is 1. The monoisotopic (exact) mass is 233 g/mol. The second-order valence-corrected chi connectivity index (χ2v) is 5.64. The molecule has 1 unspecified atom stereocenters. The van der Waals surface area contributed by atoms with Crippen molar-refractivity contribution in [3.05, 3.63) is 18.0 Å². The molecule has 0 saturated carbocycles. The fourth-order valence-corrected chi connectivity index (χ4v) is 2.65. The quantitative estimate of drug-likeness (QED) is 0.803. The van der Waals surface area contributed by atoms with E-state index in [1.165, 1.54) is 19.3 Å². The van der Waals surface area contributed by atoms with Crippen molar-refractivity contribution in [2.75, 3.05) is 18.0 Å². The highest BCUT2D eigenvalue weighted by Crippen LogP contribution is 2.25. The van der Waals surface area contributed by atoms with Crippen molar-refractivity contribution < 1.29 is 0 Å². The number of hydrogen-bond donors (Lipinski definition) is 0. The fourth-order valence-electron chi connectivity index (χ4n) is 2.65. The van der Waals surface area contributed by atoms with Gasteiger partial charge >= 0.3 is 0 Å². The van der Waals surface area contributed by atoms with Crippen molar-refractivity contribution >= 4 is 5.95 Å². The van der Waals surface area contributed by atoms with E-state index in [-0.39, 0.29) is 0 Å². The summed E-state index contributed by atoms with van der Waals surface area (Å²) >= 11 is 0. The van der Waals surface area contributed by atoms with Gasteiger partial charge in [-0.2, -0.15) is 0 Å². The minimum absolute atomic E-state index is 0.791. The molecule has 1 aromatic heterocycles. The average molecular weight is 233 g/mol. The van der Waals surface area contributed by atoms with Crippen molar-refractivity contribution in [3.63, 3.8) is 0 Å². The van der Waals surface area contributed by atoms with Gasteiger partial charge in [0.1, 0.15) is 0 Å². The van der Waals surface area contributed by atoms with Crippen LogP contribution in [0.1, 0.15) is 38.7 Å². The topological polar surface area (TPSA) is 29.0 Å². The first-order chi connectivity index (χ1) is 8.15. The Morgan fingerprint density at radius 2 is 2.06 bits per heavy atom. The summed E-state index contributed by atoms with van der Waals surface area (Å²) < 4.78 is 0. The maximum Gasteiger partial charge on any atom is 0.225 e. The molecule has 1 aliphatic heterocycles. The molecule has 17 heavy (non-hydrogen) atoms. The van der Waals surface area contributed by atoms with Crippen LogP contribution in [-0.4, -0.2) is 23.1 Å². The Morgan fingerprint density at radius 3 is 2.71 bits per heavy atom. The normalized spacial score (nSPS) is 20.9. The zero-order chi connectivity index (χ0) is 12.3. The number of nitrogens with zero attached hydrogens (tertiary/aromatic N) is 3. The largest absolute Gasteiger partial charge is 0.341 e. The van der Waals surface area contributed by atoms with Gasteiger partial charge in [0.05, 0.1) is 0 Å². The van der Waals surface area contributed by atoms with Crippen molar-refractivity contribution in [2.45, 2.75) is 40.0 Å². The Balaban J connectivity index is 1.99. The number of aromatic nitrogens is 2. The summed E-state index contributed by atoms with van der Waals surface area (Å²) in [7, 11) is 0. The minimum atomic E-state index is 0.791. The van der Waals surface area contributed by atoms with Crippen molar-refractivity contribution in [1.29, 1.82) is 0 Å². The molecule has 0 spiro atoms. The highest BCUT2D eigenvalue weighted by molar-refractivity contribution is 5.30. The second kappa shape index (κ2) is 5.48. The van der Waals surface area contributed by atoms with E-state index in [0.717, 1.165) is 36.4 Å². The third-order valence-electron chi connectivity index (χ3n) is 3.37. The summed E-state index contributed by atoms with van der Waals surface area (Å²) in [5.74, 6) is 2.51. The molecule has 3 nitrogen and oxygen atoms in total. The standard InChI is InChI=1S/C14H23N3/c1-11(2)7-13-5-4-6-17(10-13)14-15-8-12(3)9-16-14/h8-9,11,13H,4-7,10H2,1-3H3. The minimum Gasteiger partial charge on any atom is -0.341 e. The van der Waals surface area contributed by atoms with E-state index in [2.05, 4.69) is 28.7 Å². The molecule has 3 heteroatoms. The van der Waals surface area contributed by atoms with Crippen molar-refractivity contribution in [1.82, 2.24) is 9.97 Å². The summed E-state index contributed by atoms with van der Waals surface area (Å²) in [6.45, 7) is 8.88. The lowest BCUT2D eigenvalue weighted by atomic mass is 9.90. The molecule has 0 N–H and O–H groups in total. The van der Waals surface area contributed by atoms with E-state index in [9.17, 15) is 0 Å². The molecule has 0 aromatic carbocycles. The first-order valence-electron chi connectivity index (χ1n) is 6.68. The highest BCUT2D eigenvalue weighted by atomic mass is 15.2. The molecular weight excluding hydrogens is 210 g/mol. The lowest BCUT2D eigenvalue weighted by Crippen LogP contribution is -2.37. The first kappa shape index (κ1) is 12.3. The van der Waals surface area contributed by atoms with Crippen molar-refractivity contribution in [3.8, 4) is 0 Å². The van der Waals surface area contributed by atoms with E-state index in [4.69, 9.17) is 0 Å². The lowest BCUT2D eigenvalue weighted by Gasteiger charge is -2.33. The smallest absolute Gasteiger partial charge is 0.225 e. The Morgan fingerprint density at radius 1 is 1.35 bits per heavy atom. The van der Waals surface area contributed by atoms with E-state index < -0.39 is 0 Å². The number of rotatable bonds is 3. The third kappa shape index (κ3) is 3.42. The van der Waals surface area contributed by atoms with Crippen molar-refractivity contribution in [2.24, 2.45) is 11.8 Å². The van der Waals surface area contributed by atoms with Gasteiger partial charge in [0, 0.05) is 25.5 Å². The molecule has 1 aromatic rings. The van der Waals surface area contributed by atoms with Crippen LogP contribution in [0.5, 0.6) is 0 Å². The highest BCUT2D eigenvalue weighted by Gasteiger charge is 2.22. The summed E-state index contributed by atoms with van der Waals surface area (Å²) in [5, 5.41) is 0. The van der Waals surface area contributed by atoms with Crippen LogP contribution in [0.15, 0.2) is 12.4 Å². The van der Waals surface area contributed by atoms with Gasteiger partial charge in [-0.1, -0.05) is 13.8 Å². The molecule has 0 amide bonds. The summed E-state index contributed by atoms with van der Waals surface area (Å²) in [6.07, 6.45) is 7.78. The van der Waals surface area contributed by atoms with Crippen LogP contribution in [0.2, 0.25) is 0 Å². The summed E-state index contributed by atoms with van der Waals surface area (Å²) in [5.41, 5.74) is 1.13. The number of anilines is 1. The molecule has 1 aliphatic rings. The first-order valence-corrected chi connectivity index (χ1v) is 6.68. The van der Waals surface area contributed by atoms with Crippen LogP contribution in [0, 0.1) is 18.8 Å². The molecule has 94 valence electrons. The number of hydrogen-bond acceptors (Lipinski definition) is 3. The fraction of sp³-hybridized carbons (Fsp3) is 0.714. The summed E-state index contributed by atoms with van der Waals surface area (Å²) in [6, 6.07) is 0. The van der Waals surface area contributed by atoms with Gasteiger partial charge in [0.25, 0.3) is 0 Å². The zero-order valence-electron chi connectivity index (χ0n) is 11.2. The van der Waals surface area contributed by atoms with Gasteiger partial charge in [0.15, 0.2) is 0 Å². The molecule has 2 rings (SSSR count). The Hall–Kier alpha value is -1.12. The second-order valence-electron chi connectivity index (χ2n) is 5.64. The van der Waals surface area contributed by atoms with Crippen LogP contribution in [0.4, 0.5) is 5.95 Å². The van der Waals surface area contributed by atoms with E-state index >= 15 is 0 Å². The van der Waals surface area contributed by atoms with Gasteiger partial charge in [-0.3, -0.25) is 0 Å². The Labute approximate surface area is 104 Å². The molecular formula is C14H23N3. The number of piperidine rings is 1. The third-order valence-corrected chi connectivity index (χ3v) is 3.37. The molecule has 1 fully saturated rings. The van der Waals surface area contributed by atoms with Gasteiger partial charge in [-0.05, 0) is 43.6 Å². The van der Waals surface area contributed by atoms with Crippen LogP contribution in [0.25, 0.3) is 0 Å². The van der Waals surface area contributed by atoms with E-state index in [1.807, 2.05) is 19.3 Å². The molecule has 0 bridgehead atoms. The SMILES string of the molecule is Cc1cnc(N2CCCC(CC(C)C)C2)nc1. The van der Waals surface area contributed by atoms with E-state index in [0.29, 0.717) is 0 Å². The molecule has 1 saturated heterocycles. The van der Waals surface area contributed by atoms with Crippen LogP contribution >= 0.6 is 0 Å². The average Bonchev–Trinajstić information content (AvgIpc) is 2.29. The van der Waals surface area contributed by atoms with Crippen LogP contribution < -0.4 is 4.90 Å². The molecule has 2 heterocycles. The predicted octanol–water partition coefficient (Wildman–Crippen LogP) is 3.05. The molecule has 0 radical (unpaired) electrons. The predicted molar refractivity (Wildman–Crippen MR) is 71.2 cm³/mol. The zero-order valence-corrected chi connectivity index (χ0v) is 11.2. The Kier molecular flexibility index (Phi) is 3.97. The molecule has 1 atom stereocenters. The summed E-state index contributed by atoms with van der Waals surface area (Å²) in [4.78, 5) is 11.2. The lowest BCUT2D eigenvalue weighted by molar-refractivity contribution is 0.345. The van der Waals surface area contributed by atoms with Crippen LogP contribution in [0.3, 0.4) is 0 Å². The maximum absolute atomic E-state index is 4.43. The van der Waals surface area contributed by atoms with Gasteiger partial charge in [0.2, 0.25) is 5.95 Å². The van der Waals surface area contributed by atoms with Gasteiger partial charge < -0.3 is 4.90 Å². The van der Waals surface area contributed by atoms with Crippen LogP contribution in [-0.2, 0) is 0 Å². The van der Waals surface area contributed by atoms with Gasteiger partial charge in [-0.25, -0.2) is 9.97 Å². The van der Waals surface area contributed by atoms with E-state index in [1.54, 1.807) is 0 Å².